The van der Waals surface area contributed by atoms with Gasteiger partial charge in [-0.05, 0) is 31.6 Å². The van der Waals surface area contributed by atoms with Gasteiger partial charge >= 0.3 is 12.1 Å². The minimum atomic E-state index is -4.50. The van der Waals surface area contributed by atoms with Gasteiger partial charge in [0, 0.05) is 0 Å². The number of alkyl halides is 3. The minimum Gasteiger partial charge on any atom is -0.463 e. The van der Waals surface area contributed by atoms with Crippen molar-refractivity contribution in [1.29, 1.82) is 0 Å². The van der Waals surface area contributed by atoms with Gasteiger partial charge < -0.3 is 4.74 Å². The van der Waals surface area contributed by atoms with Crippen molar-refractivity contribution in [3.05, 3.63) is 41.5 Å². The first kappa shape index (κ1) is 16.9. The molecular weight excluding hydrogens is 285 g/mol. The molecule has 6 heteroatoms. The summed E-state index contributed by atoms with van der Waals surface area (Å²) in [6, 6.07) is 4.88. The molecule has 0 aliphatic heterocycles. The van der Waals surface area contributed by atoms with E-state index in [9.17, 15) is 22.8 Å². The summed E-state index contributed by atoms with van der Waals surface area (Å²) in [6.45, 7) is 3.27. The van der Waals surface area contributed by atoms with Crippen LogP contribution < -0.4 is 0 Å². The maximum Gasteiger partial charge on any atom is 0.416 e. The summed E-state index contributed by atoms with van der Waals surface area (Å²) in [5, 5.41) is 0. The zero-order valence-corrected chi connectivity index (χ0v) is 11.6. The van der Waals surface area contributed by atoms with E-state index in [-0.39, 0.29) is 11.7 Å². The fourth-order valence-corrected chi connectivity index (χ4v) is 1.59. The molecule has 21 heavy (non-hydrogen) atoms. The third-order valence-corrected chi connectivity index (χ3v) is 2.40. The lowest BCUT2D eigenvalue weighted by molar-refractivity contribution is -0.148. The van der Waals surface area contributed by atoms with Crippen molar-refractivity contribution in [3.8, 4) is 0 Å². The molecule has 0 bridgehead atoms. The number of benzene rings is 1. The van der Waals surface area contributed by atoms with Crippen LogP contribution in [0.5, 0.6) is 0 Å². The van der Waals surface area contributed by atoms with Crippen LogP contribution in [0.2, 0.25) is 0 Å². The monoisotopic (exact) mass is 300 g/mol. The van der Waals surface area contributed by atoms with E-state index in [0.29, 0.717) is 0 Å². The van der Waals surface area contributed by atoms with E-state index in [4.69, 9.17) is 4.74 Å². The number of ketones is 1. The fourth-order valence-electron chi connectivity index (χ4n) is 1.59. The molecule has 114 valence electrons. The molecule has 0 aliphatic rings. The zero-order chi connectivity index (χ0) is 16.0. The van der Waals surface area contributed by atoms with Gasteiger partial charge in [-0.25, -0.2) is 0 Å². The average molecular weight is 300 g/mol. The normalized spacial score (nSPS) is 11.9. The summed E-state index contributed by atoms with van der Waals surface area (Å²) < 4.78 is 43.0. The van der Waals surface area contributed by atoms with Crippen molar-refractivity contribution in [3.63, 3.8) is 0 Å². The number of hydrogen-bond donors (Lipinski definition) is 0. The molecule has 0 atom stereocenters. The first-order valence-corrected chi connectivity index (χ1v) is 6.26. The molecule has 0 spiro atoms. The van der Waals surface area contributed by atoms with Gasteiger partial charge in [-0.1, -0.05) is 24.3 Å². The van der Waals surface area contributed by atoms with Crippen LogP contribution in [0, 0.1) is 0 Å². The van der Waals surface area contributed by atoms with Crippen LogP contribution in [-0.4, -0.2) is 17.9 Å². The van der Waals surface area contributed by atoms with Crippen molar-refractivity contribution in [2.45, 2.75) is 32.5 Å². The molecule has 0 radical (unpaired) electrons. The third-order valence-electron chi connectivity index (χ3n) is 2.40. The lowest BCUT2D eigenvalue weighted by Gasteiger charge is -2.09. The highest BCUT2D eigenvalue weighted by atomic mass is 19.4. The van der Waals surface area contributed by atoms with E-state index in [1.165, 1.54) is 18.2 Å². The van der Waals surface area contributed by atoms with Crippen molar-refractivity contribution in [1.82, 2.24) is 0 Å². The van der Waals surface area contributed by atoms with Gasteiger partial charge in [-0.2, -0.15) is 13.2 Å². The van der Waals surface area contributed by atoms with Crippen molar-refractivity contribution >= 4 is 17.8 Å². The minimum absolute atomic E-state index is 0.129. The SMILES string of the molecule is CC(C)OC(=O)CC(=O)C=Cc1ccccc1C(F)(F)F. The van der Waals surface area contributed by atoms with Gasteiger partial charge in [0.2, 0.25) is 0 Å². The summed E-state index contributed by atoms with van der Waals surface area (Å²) in [6.07, 6.45) is -3.34. The molecule has 0 heterocycles. The smallest absolute Gasteiger partial charge is 0.416 e. The largest absolute Gasteiger partial charge is 0.463 e. The highest BCUT2D eigenvalue weighted by Gasteiger charge is 2.32. The molecule has 0 aliphatic carbocycles. The molecule has 0 saturated carbocycles. The van der Waals surface area contributed by atoms with E-state index in [1.807, 2.05) is 0 Å². The maximum absolute atomic E-state index is 12.7. The molecule has 0 unspecified atom stereocenters. The zero-order valence-electron chi connectivity index (χ0n) is 11.6. The Hall–Kier alpha value is -2.11. The molecule has 0 N–H and O–H groups in total. The molecule has 1 aromatic carbocycles. The molecule has 1 aromatic rings. The predicted molar refractivity (Wildman–Crippen MR) is 71.3 cm³/mol. The lowest BCUT2D eigenvalue weighted by Crippen LogP contribution is -2.14. The van der Waals surface area contributed by atoms with Crippen LogP contribution >= 0.6 is 0 Å². The molecule has 0 fully saturated rings. The van der Waals surface area contributed by atoms with Crippen molar-refractivity contribution in [2.24, 2.45) is 0 Å². The number of rotatable bonds is 5. The summed E-state index contributed by atoms with van der Waals surface area (Å²) in [4.78, 5) is 22.7. The van der Waals surface area contributed by atoms with Crippen LogP contribution in [0.15, 0.2) is 30.3 Å². The second-order valence-electron chi connectivity index (χ2n) is 4.60. The highest BCUT2D eigenvalue weighted by molar-refractivity contribution is 6.04. The molecule has 0 amide bonds. The van der Waals surface area contributed by atoms with Crippen LogP contribution in [0.4, 0.5) is 13.2 Å². The van der Waals surface area contributed by atoms with Crippen LogP contribution in [-0.2, 0) is 20.5 Å². The van der Waals surface area contributed by atoms with E-state index in [0.717, 1.165) is 18.2 Å². The second-order valence-corrected chi connectivity index (χ2v) is 4.60. The lowest BCUT2D eigenvalue weighted by atomic mass is 10.1. The molecular formula is C15H15F3O3. The Morgan fingerprint density at radius 2 is 1.86 bits per heavy atom. The first-order valence-electron chi connectivity index (χ1n) is 6.26. The number of ether oxygens (including phenoxy) is 1. The van der Waals surface area contributed by atoms with Gasteiger partial charge in [0.05, 0.1) is 11.7 Å². The number of halogens is 3. The Bertz CT molecular complexity index is 545. The maximum atomic E-state index is 12.7. The van der Waals surface area contributed by atoms with Gasteiger partial charge in [0.1, 0.15) is 6.42 Å². The number of hydrogen-bond acceptors (Lipinski definition) is 3. The molecule has 3 nitrogen and oxygen atoms in total. The van der Waals surface area contributed by atoms with Gasteiger partial charge in [0.25, 0.3) is 0 Å². The topological polar surface area (TPSA) is 43.4 Å². The van der Waals surface area contributed by atoms with Crippen molar-refractivity contribution in [2.75, 3.05) is 0 Å². The van der Waals surface area contributed by atoms with E-state index in [1.54, 1.807) is 13.8 Å². The Labute approximate surface area is 120 Å². The summed E-state index contributed by atoms with van der Waals surface area (Å²) in [5.74, 6) is -1.32. The average Bonchev–Trinajstić information content (AvgIpc) is 2.34. The number of esters is 1. The number of allylic oxidation sites excluding steroid dienone is 1. The fraction of sp³-hybridized carbons (Fsp3) is 0.333. The Morgan fingerprint density at radius 1 is 1.24 bits per heavy atom. The van der Waals surface area contributed by atoms with Gasteiger partial charge in [-0.15, -0.1) is 0 Å². The first-order chi connectivity index (χ1) is 9.70. The summed E-state index contributed by atoms with van der Waals surface area (Å²) in [7, 11) is 0. The van der Waals surface area contributed by atoms with E-state index >= 15 is 0 Å². The summed E-state index contributed by atoms with van der Waals surface area (Å²) >= 11 is 0. The Balaban J connectivity index is 2.78. The standard InChI is InChI=1S/C15H15F3O3/c1-10(2)21-14(20)9-12(19)8-7-11-5-3-4-6-13(11)15(16,17)18/h3-8,10H,9H2,1-2H3. The third kappa shape index (κ3) is 5.81. The molecule has 0 aromatic heterocycles. The van der Waals surface area contributed by atoms with Crippen LogP contribution in [0.25, 0.3) is 6.08 Å². The van der Waals surface area contributed by atoms with E-state index < -0.39 is 29.9 Å². The van der Waals surface area contributed by atoms with Gasteiger partial charge in [-0.3, -0.25) is 9.59 Å². The number of carbonyl (C=O) groups excluding carboxylic acids is 2. The highest BCUT2D eigenvalue weighted by Crippen LogP contribution is 2.32. The molecule has 0 saturated heterocycles. The number of carbonyl (C=O) groups is 2. The summed E-state index contributed by atoms with van der Waals surface area (Å²) in [5.41, 5.74) is -0.964. The van der Waals surface area contributed by atoms with Crippen LogP contribution in [0.3, 0.4) is 0 Å². The predicted octanol–water partition coefficient (Wildman–Crippen LogP) is 3.63. The van der Waals surface area contributed by atoms with Crippen molar-refractivity contribution < 1.29 is 27.5 Å². The quantitative estimate of drug-likeness (QED) is 0.474. The second kappa shape index (κ2) is 7.06. The van der Waals surface area contributed by atoms with E-state index in [2.05, 4.69) is 0 Å². The Kier molecular flexibility index (Phi) is 5.69. The molecule has 1 rings (SSSR count). The Morgan fingerprint density at radius 3 is 2.43 bits per heavy atom. The van der Waals surface area contributed by atoms with Crippen LogP contribution in [0.1, 0.15) is 31.4 Å². The van der Waals surface area contributed by atoms with Gasteiger partial charge in [0.15, 0.2) is 5.78 Å².